The molecule has 0 aliphatic rings. The van der Waals surface area contributed by atoms with Crippen LogP contribution in [0.15, 0.2) is 12.2 Å². The monoisotopic (exact) mass is 211 g/mol. The number of nitrogens with two attached hydrogens (primary N) is 1. The van der Waals surface area contributed by atoms with Crippen LogP contribution in [0.3, 0.4) is 0 Å². The molecule has 4 heteroatoms. The van der Waals surface area contributed by atoms with E-state index in [2.05, 4.69) is 30.0 Å². The third-order valence-corrected chi connectivity index (χ3v) is 3.16. The van der Waals surface area contributed by atoms with Gasteiger partial charge in [-0.15, -0.1) is 5.10 Å². The molecule has 1 atom stereocenters. The molecular weight excluding hydrogens is 194 g/mol. The summed E-state index contributed by atoms with van der Waals surface area (Å²) in [4.78, 5) is 1.11. The van der Waals surface area contributed by atoms with Crippen LogP contribution in [0.2, 0.25) is 0 Å². The first-order valence-corrected chi connectivity index (χ1v) is 5.69. The zero-order valence-electron chi connectivity index (χ0n) is 8.79. The fraction of sp³-hybridized carbons (Fsp3) is 0.600. The second kappa shape index (κ2) is 5.22. The molecule has 2 N–H and O–H groups in total. The molecule has 0 spiro atoms. The summed E-state index contributed by atoms with van der Waals surface area (Å²) in [5.41, 5.74) is 8.28. The summed E-state index contributed by atoms with van der Waals surface area (Å²) < 4.78 is 3.93. The van der Waals surface area contributed by atoms with Crippen LogP contribution in [0.4, 0.5) is 0 Å². The van der Waals surface area contributed by atoms with Crippen molar-refractivity contribution in [2.24, 2.45) is 5.73 Å². The highest BCUT2D eigenvalue weighted by atomic mass is 32.1. The van der Waals surface area contributed by atoms with E-state index >= 15 is 0 Å². The second-order valence-electron chi connectivity index (χ2n) is 3.35. The van der Waals surface area contributed by atoms with Gasteiger partial charge in [0, 0.05) is 6.04 Å². The smallest absolute Gasteiger partial charge is 0.0801 e. The topological polar surface area (TPSA) is 51.8 Å². The van der Waals surface area contributed by atoms with Gasteiger partial charge in [0.25, 0.3) is 0 Å². The minimum Gasteiger partial charge on any atom is -0.323 e. The minimum absolute atomic E-state index is 0.0254. The lowest BCUT2D eigenvalue weighted by molar-refractivity contribution is 0.702. The third kappa shape index (κ3) is 2.62. The molecule has 1 aromatic heterocycles. The van der Waals surface area contributed by atoms with Crippen LogP contribution in [0.5, 0.6) is 0 Å². The van der Waals surface area contributed by atoms with Gasteiger partial charge in [-0.3, -0.25) is 0 Å². The van der Waals surface area contributed by atoms with Gasteiger partial charge in [-0.25, -0.2) is 0 Å². The molecule has 3 nitrogen and oxygen atoms in total. The maximum absolute atomic E-state index is 6.06. The van der Waals surface area contributed by atoms with Crippen molar-refractivity contribution >= 4 is 11.5 Å². The fourth-order valence-corrected chi connectivity index (χ4v) is 2.03. The number of aromatic nitrogens is 2. The van der Waals surface area contributed by atoms with Gasteiger partial charge < -0.3 is 5.73 Å². The van der Waals surface area contributed by atoms with E-state index < -0.39 is 0 Å². The van der Waals surface area contributed by atoms with Crippen LogP contribution in [0, 0.1) is 0 Å². The van der Waals surface area contributed by atoms with Gasteiger partial charge in [-0.05, 0) is 30.8 Å². The van der Waals surface area contributed by atoms with E-state index in [0.717, 1.165) is 29.8 Å². The Morgan fingerprint density at radius 1 is 1.57 bits per heavy atom. The Morgan fingerprint density at radius 3 is 2.86 bits per heavy atom. The molecule has 78 valence electrons. The Labute approximate surface area is 89.2 Å². The second-order valence-corrected chi connectivity index (χ2v) is 4.14. The van der Waals surface area contributed by atoms with Crippen LogP contribution < -0.4 is 5.73 Å². The zero-order valence-corrected chi connectivity index (χ0v) is 9.60. The van der Waals surface area contributed by atoms with E-state index in [1.165, 1.54) is 17.1 Å². The Hall–Kier alpha value is -0.740. The van der Waals surface area contributed by atoms with E-state index in [9.17, 15) is 0 Å². The first kappa shape index (κ1) is 11.3. The Balaban J connectivity index is 2.68. The van der Waals surface area contributed by atoms with Gasteiger partial charge in [0.2, 0.25) is 0 Å². The largest absolute Gasteiger partial charge is 0.323 e. The number of hydrogen-bond acceptors (Lipinski definition) is 4. The van der Waals surface area contributed by atoms with E-state index in [-0.39, 0.29) is 6.04 Å². The molecule has 0 saturated carbocycles. The van der Waals surface area contributed by atoms with Crippen molar-refractivity contribution in [3.05, 3.63) is 22.7 Å². The molecule has 0 aliphatic heterocycles. The lowest BCUT2D eigenvalue weighted by atomic mass is 10.0. The highest BCUT2D eigenvalue weighted by Crippen LogP contribution is 2.24. The molecule has 0 aromatic carbocycles. The van der Waals surface area contributed by atoms with Crippen molar-refractivity contribution in [1.82, 2.24) is 9.59 Å². The van der Waals surface area contributed by atoms with E-state index in [0.29, 0.717) is 0 Å². The molecule has 0 fully saturated rings. The third-order valence-electron chi connectivity index (χ3n) is 2.27. The Kier molecular flexibility index (Phi) is 4.22. The van der Waals surface area contributed by atoms with Gasteiger partial charge >= 0.3 is 0 Å². The summed E-state index contributed by atoms with van der Waals surface area (Å²) in [5, 5.41) is 4.05. The molecule has 1 aromatic rings. The quantitative estimate of drug-likeness (QED) is 0.761. The van der Waals surface area contributed by atoms with Crippen molar-refractivity contribution in [1.29, 1.82) is 0 Å². The molecular formula is C10H17N3S. The summed E-state index contributed by atoms with van der Waals surface area (Å²) >= 11 is 1.41. The SMILES string of the molecule is C=C(CC)CC(N)c1snnc1CC. The number of aryl methyl sites for hydroxylation is 1. The molecule has 0 amide bonds. The first-order chi connectivity index (χ1) is 6.69. The summed E-state index contributed by atoms with van der Waals surface area (Å²) in [6.45, 7) is 8.13. The summed E-state index contributed by atoms with van der Waals surface area (Å²) in [6.07, 6.45) is 2.73. The number of rotatable bonds is 5. The predicted molar refractivity (Wildman–Crippen MR) is 60.3 cm³/mol. The average molecular weight is 211 g/mol. The molecule has 1 heterocycles. The standard InChI is InChI=1S/C10H17N3S/c1-4-7(3)6-8(11)10-9(5-2)12-13-14-10/h8H,3-6,11H2,1-2H3. The lowest BCUT2D eigenvalue weighted by Gasteiger charge is -2.10. The van der Waals surface area contributed by atoms with Crippen LogP contribution in [-0.2, 0) is 6.42 Å². The van der Waals surface area contributed by atoms with Gasteiger partial charge in [0.05, 0.1) is 10.6 Å². The first-order valence-electron chi connectivity index (χ1n) is 4.92. The molecule has 1 unspecified atom stereocenters. The molecule has 0 saturated heterocycles. The molecule has 1 rings (SSSR count). The lowest BCUT2D eigenvalue weighted by Crippen LogP contribution is -2.11. The van der Waals surface area contributed by atoms with E-state index in [4.69, 9.17) is 5.73 Å². The van der Waals surface area contributed by atoms with Crippen LogP contribution in [-0.4, -0.2) is 9.59 Å². The van der Waals surface area contributed by atoms with Gasteiger partial charge in [-0.2, -0.15) is 0 Å². The predicted octanol–water partition coefficient (Wildman–Crippen LogP) is 2.46. The molecule has 0 radical (unpaired) electrons. The highest BCUT2D eigenvalue weighted by molar-refractivity contribution is 7.05. The normalized spacial score (nSPS) is 12.8. The van der Waals surface area contributed by atoms with Crippen LogP contribution in [0.25, 0.3) is 0 Å². The van der Waals surface area contributed by atoms with Gasteiger partial charge in [0.15, 0.2) is 0 Å². The maximum atomic E-state index is 6.06. The van der Waals surface area contributed by atoms with Crippen molar-refractivity contribution in [2.75, 3.05) is 0 Å². The minimum atomic E-state index is 0.0254. The summed E-state index contributed by atoms with van der Waals surface area (Å²) in [5.74, 6) is 0. The maximum Gasteiger partial charge on any atom is 0.0801 e. The van der Waals surface area contributed by atoms with Crippen molar-refractivity contribution in [2.45, 2.75) is 39.2 Å². The van der Waals surface area contributed by atoms with Crippen LogP contribution >= 0.6 is 11.5 Å². The van der Waals surface area contributed by atoms with Gasteiger partial charge in [-0.1, -0.05) is 30.5 Å². The number of nitrogens with zero attached hydrogens (tertiary/aromatic N) is 2. The van der Waals surface area contributed by atoms with Crippen molar-refractivity contribution in [3.63, 3.8) is 0 Å². The van der Waals surface area contributed by atoms with Crippen molar-refractivity contribution in [3.8, 4) is 0 Å². The van der Waals surface area contributed by atoms with E-state index in [1.807, 2.05) is 0 Å². The molecule has 0 bridgehead atoms. The Bertz CT molecular complexity index is 306. The Morgan fingerprint density at radius 2 is 2.29 bits per heavy atom. The summed E-state index contributed by atoms with van der Waals surface area (Å²) in [6, 6.07) is 0.0254. The van der Waals surface area contributed by atoms with E-state index in [1.54, 1.807) is 0 Å². The fourth-order valence-electron chi connectivity index (χ4n) is 1.29. The zero-order chi connectivity index (χ0) is 10.6. The molecule has 14 heavy (non-hydrogen) atoms. The highest BCUT2D eigenvalue weighted by Gasteiger charge is 2.14. The van der Waals surface area contributed by atoms with Gasteiger partial charge in [0.1, 0.15) is 0 Å². The number of hydrogen-bond donors (Lipinski definition) is 1. The van der Waals surface area contributed by atoms with Crippen LogP contribution in [0.1, 0.15) is 43.3 Å². The summed E-state index contributed by atoms with van der Waals surface area (Å²) in [7, 11) is 0. The van der Waals surface area contributed by atoms with Crippen molar-refractivity contribution < 1.29 is 0 Å². The molecule has 0 aliphatic carbocycles. The average Bonchev–Trinajstić information content (AvgIpc) is 2.65.